The molecule has 0 radical (unpaired) electrons. The Morgan fingerprint density at radius 1 is 0.895 bits per heavy atom. The number of aromatic nitrogens is 3. The van der Waals surface area contributed by atoms with Gasteiger partial charge in [-0.2, -0.15) is 19.5 Å². The average molecular weight is 531 g/mol. The zero-order valence-corrected chi connectivity index (χ0v) is 21.5. The van der Waals surface area contributed by atoms with E-state index >= 15 is 0 Å². The van der Waals surface area contributed by atoms with Crippen molar-refractivity contribution in [1.82, 2.24) is 19.4 Å². The molecule has 10 nitrogen and oxygen atoms in total. The Balaban J connectivity index is 1.15. The lowest BCUT2D eigenvalue weighted by molar-refractivity contribution is 0.327. The summed E-state index contributed by atoms with van der Waals surface area (Å²) >= 11 is 0. The second-order valence-electron chi connectivity index (χ2n) is 9.50. The van der Waals surface area contributed by atoms with E-state index in [1.165, 1.54) is 4.31 Å². The maximum Gasteiger partial charge on any atom is 0.243 e. The molecule has 4 aromatic rings. The molecule has 2 fully saturated rings. The molecule has 11 heteroatoms. The van der Waals surface area contributed by atoms with Crippen molar-refractivity contribution in [3.63, 3.8) is 0 Å². The normalized spacial score (nSPS) is 17.1. The van der Waals surface area contributed by atoms with Gasteiger partial charge in [-0.05, 0) is 49.9 Å². The summed E-state index contributed by atoms with van der Waals surface area (Å²) in [6.45, 7) is 2.39. The van der Waals surface area contributed by atoms with E-state index in [4.69, 9.17) is 8.94 Å². The Bertz CT molecular complexity index is 1560. The van der Waals surface area contributed by atoms with E-state index in [0.29, 0.717) is 49.3 Å². The van der Waals surface area contributed by atoms with Crippen LogP contribution in [0.3, 0.4) is 0 Å². The number of anilines is 1. The highest BCUT2D eigenvalue weighted by Gasteiger charge is 2.30. The van der Waals surface area contributed by atoms with Crippen LogP contribution in [0.2, 0.25) is 0 Å². The molecule has 194 valence electrons. The number of sulfonamides is 1. The Morgan fingerprint density at radius 3 is 2.29 bits per heavy atom. The van der Waals surface area contributed by atoms with Crippen LogP contribution >= 0.6 is 0 Å². The van der Waals surface area contributed by atoms with E-state index < -0.39 is 10.0 Å². The third-order valence-corrected chi connectivity index (χ3v) is 9.04. The molecular weight excluding hydrogens is 504 g/mol. The van der Waals surface area contributed by atoms with Gasteiger partial charge in [-0.1, -0.05) is 35.5 Å². The number of nitriles is 1. The lowest BCUT2D eigenvalue weighted by Crippen LogP contribution is -2.33. The predicted molar refractivity (Wildman–Crippen MR) is 139 cm³/mol. The molecule has 6 rings (SSSR count). The van der Waals surface area contributed by atoms with Crippen LogP contribution in [-0.4, -0.2) is 54.0 Å². The molecule has 0 saturated carbocycles. The quantitative estimate of drug-likeness (QED) is 0.355. The largest absolute Gasteiger partial charge is 0.419 e. The van der Waals surface area contributed by atoms with Gasteiger partial charge in [-0.3, -0.25) is 0 Å². The van der Waals surface area contributed by atoms with Crippen LogP contribution in [0.1, 0.15) is 43.2 Å². The maximum atomic E-state index is 12.8. The molecule has 2 aromatic heterocycles. The van der Waals surface area contributed by atoms with Gasteiger partial charge in [0.2, 0.25) is 39.2 Å². The predicted octanol–water partition coefficient (Wildman–Crippen LogP) is 4.43. The number of oxazole rings is 1. The molecule has 4 heterocycles. The van der Waals surface area contributed by atoms with Crippen molar-refractivity contribution in [2.24, 2.45) is 0 Å². The first-order valence-corrected chi connectivity index (χ1v) is 14.1. The topological polar surface area (TPSA) is 129 Å². The molecule has 0 bridgehead atoms. The number of hydrogen-bond acceptors (Lipinski definition) is 9. The van der Waals surface area contributed by atoms with Crippen LogP contribution in [0.15, 0.2) is 68.4 Å². The number of nitrogens with zero attached hydrogens (tertiary/aromatic N) is 6. The first-order chi connectivity index (χ1) is 18.5. The monoisotopic (exact) mass is 530 g/mol. The molecule has 2 saturated heterocycles. The molecule has 0 atom stereocenters. The Kier molecular flexibility index (Phi) is 6.43. The van der Waals surface area contributed by atoms with E-state index in [1.54, 1.807) is 24.3 Å². The van der Waals surface area contributed by atoms with Crippen molar-refractivity contribution in [3.8, 4) is 28.9 Å². The molecular formula is C27H26N6O4S. The molecule has 0 unspecified atom stereocenters. The molecule has 2 aromatic carbocycles. The van der Waals surface area contributed by atoms with Crippen LogP contribution in [0.4, 0.5) is 5.88 Å². The minimum atomic E-state index is -3.50. The van der Waals surface area contributed by atoms with Crippen molar-refractivity contribution in [2.45, 2.75) is 36.5 Å². The number of rotatable bonds is 6. The summed E-state index contributed by atoms with van der Waals surface area (Å²) in [5.74, 6) is 2.02. The maximum absolute atomic E-state index is 12.8. The number of piperidine rings is 1. The number of benzene rings is 2. The summed E-state index contributed by atoms with van der Waals surface area (Å²) in [5.41, 5.74) is 1.73. The second kappa shape index (κ2) is 10.0. The van der Waals surface area contributed by atoms with Gasteiger partial charge in [0.15, 0.2) is 0 Å². The fourth-order valence-electron chi connectivity index (χ4n) is 5.00. The SMILES string of the molecule is N#Cc1nc(-c2ccc(S(=O)(=O)N3CCCC3)cc2)oc1N1CCC(c2nc(-c3ccccc3)no2)CC1. The van der Waals surface area contributed by atoms with Crippen LogP contribution in [0.25, 0.3) is 22.8 Å². The summed E-state index contributed by atoms with van der Waals surface area (Å²) in [7, 11) is -3.50. The van der Waals surface area contributed by atoms with Crippen molar-refractivity contribution in [3.05, 3.63) is 66.2 Å². The average Bonchev–Trinajstić information content (AvgIpc) is 3.75. The number of hydrogen-bond donors (Lipinski definition) is 0. The molecule has 0 aliphatic carbocycles. The van der Waals surface area contributed by atoms with Crippen LogP contribution in [0.5, 0.6) is 0 Å². The third-order valence-electron chi connectivity index (χ3n) is 7.12. The van der Waals surface area contributed by atoms with Crippen molar-refractivity contribution in [2.75, 3.05) is 31.1 Å². The Hall–Kier alpha value is -4.01. The fourth-order valence-corrected chi connectivity index (χ4v) is 6.52. The van der Waals surface area contributed by atoms with Crippen molar-refractivity contribution >= 4 is 15.9 Å². The van der Waals surface area contributed by atoms with Crippen LogP contribution in [0, 0.1) is 11.3 Å². The van der Waals surface area contributed by atoms with E-state index in [1.807, 2.05) is 35.2 Å². The lowest BCUT2D eigenvalue weighted by Gasteiger charge is -2.29. The standard InChI is InChI=1S/C27H26N6O4S/c28-18-23-27(32-16-12-21(13-17-32)26-30-24(31-37-26)19-6-2-1-3-7-19)36-25(29-23)20-8-10-22(11-9-20)38(34,35)33-14-4-5-15-33/h1-3,6-11,21H,4-5,12-17H2. The van der Waals surface area contributed by atoms with Gasteiger partial charge in [0.05, 0.1) is 4.90 Å². The van der Waals surface area contributed by atoms with Gasteiger partial charge in [-0.25, -0.2) is 8.42 Å². The third kappa shape index (κ3) is 4.57. The molecule has 0 N–H and O–H groups in total. The van der Waals surface area contributed by atoms with Crippen LogP contribution in [-0.2, 0) is 10.0 Å². The van der Waals surface area contributed by atoms with Crippen molar-refractivity contribution in [1.29, 1.82) is 5.26 Å². The van der Waals surface area contributed by atoms with E-state index in [2.05, 4.69) is 21.2 Å². The Labute approximate surface area is 220 Å². The lowest BCUT2D eigenvalue weighted by atomic mass is 9.97. The second-order valence-corrected chi connectivity index (χ2v) is 11.4. The van der Waals surface area contributed by atoms with Gasteiger partial charge >= 0.3 is 0 Å². The summed E-state index contributed by atoms with van der Waals surface area (Å²) < 4.78 is 38.7. The van der Waals surface area contributed by atoms with Gasteiger partial charge in [-0.15, -0.1) is 0 Å². The fraction of sp³-hybridized carbons (Fsp3) is 0.333. The molecule has 38 heavy (non-hydrogen) atoms. The first-order valence-electron chi connectivity index (χ1n) is 12.7. The zero-order valence-electron chi connectivity index (χ0n) is 20.7. The summed E-state index contributed by atoms with van der Waals surface area (Å²) in [5, 5.41) is 13.8. The van der Waals surface area contributed by atoms with Gasteiger partial charge < -0.3 is 13.8 Å². The summed E-state index contributed by atoms with van der Waals surface area (Å²) in [6.07, 6.45) is 3.29. The minimum absolute atomic E-state index is 0.120. The Morgan fingerprint density at radius 2 is 1.61 bits per heavy atom. The molecule has 0 spiro atoms. The van der Waals surface area contributed by atoms with E-state index in [9.17, 15) is 13.7 Å². The highest BCUT2D eigenvalue weighted by Crippen LogP contribution is 2.34. The highest BCUT2D eigenvalue weighted by molar-refractivity contribution is 7.89. The molecule has 0 amide bonds. The van der Waals surface area contributed by atoms with Gasteiger partial charge in [0.1, 0.15) is 6.07 Å². The zero-order chi connectivity index (χ0) is 26.1. The van der Waals surface area contributed by atoms with Gasteiger partial charge in [0.25, 0.3) is 0 Å². The van der Waals surface area contributed by atoms with Crippen molar-refractivity contribution < 1.29 is 17.4 Å². The highest BCUT2D eigenvalue weighted by atomic mass is 32.2. The molecule has 2 aliphatic heterocycles. The van der Waals surface area contributed by atoms with Crippen LogP contribution < -0.4 is 4.90 Å². The smallest absolute Gasteiger partial charge is 0.243 e. The minimum Gasteiger partial charge on any atom is -0.419 e. The van der Waals surface area contributed by atoms with E-state index in [-0.39, 0.29) is 22.4 Å². The van der Waals surface area contributed by atoms with Gasteiger partial charge in [0, 0.05) is 43.2 Å². The summed E-state index contributed by atoms with van der Waals surface area (Å²) in [6, 6.07) is 18.3. The first kappa shape index (κ1) is 24.3. The van der Waals surface area contributed by atoms with E-state index in [0.717, 1.165) is 31.2 Å². The molecule has 2 aliphatic rings. The summed E-state index contributed by atoms with van der Waals surface area (Å²) in [4.78, 5) is 11.2.